The smallest absolute Gasteiger partial charge is 0.226 e. The fourth-order valence-electron chi connectivity index (χ4n) is 1.72. The number of ether oxygens (including phenoxy) is 2. The number of nitrogens with zero attached hydrogens (tertiary/aromatic N) is 2. The Morgan fingerprint density at radius 2 is 1.94 bits per heavy atom. The molecule has 0 spiro atoms. The SMILES string of the molecule is COc1ccnc(OC)c1-c1ccc(Cl)n1C. The Kier molecular flexibility index (Phi) is 3.24. The molecule has 2 rings (SSSR count). The quantitative estimate of drug-likeness (QED) is 0.843. The van der Waals surface area contributed by atoms with Crippen LogP contribution in [0.4, 0.5) is 0 Å². The lowest BCUT2D eigenvalue weighted by Gasteiger charge is -2.12. The molecule has 0 amide bonds. The molecular formula is C12H13ClN2O2. The summed E-state index contributed by atoms with van der Waals surface area (Å²) < 4.78 is 12.4. The highest BCUT2D eigenvalue weighted by Crippen LogP contribution is 2.37. The van der Waals surface area contributed by atoms with Crippen LogP contribution in [0.3, 0.4) is 0 Å². The molecule has 0 fully saturated rings. The summed E-state index contributed by atoms with van der Waals surface area (Å²) in [6.45, 7) is 0. The van der Waals surface area contributed by atoms with Crippen LogP contribution in [0, 0.1) is 0 Å². The molecule has 90 valence electrons. The van der Waals surface area contributed by atoms with Gasteiger partial charge in [0.2, 0.25) is 5.88 Å². The number of pyridine rings is 1. The molecule has 0 bridgehead atoms. The fraction of sp³-hybridized carbons (Fsp3) is 0.250. The van der Waals surface area contributed by atoms with E-state index in [1.165, 1.54) is 0 Å². The van der Waals surface area contributed by atoms with Crippen molar-refractivity contribution in [2.75, 3.05) is 14.2 Å². The van der Waals surface area contributed by atoms with E-state index in [4.69, 9.17) is 21.1 Å². The molecule has 17 heavy (non-hydrogen) atoms. The molecule has 2 aromatic heterocycles. The summed E-state index contributed by atoms with van der Waals surface area (Å²) in [5.41, 5.74) is 1.70. The molecule has 2 heterocycles. The maximum atomic E-state index is 6.03. The van der Waals surface area contributed by atoms with Gasteiger partial charge in [0, 0.05) is 13.2 Å². The Bertz CT molecular complexity index is 515. The van der Waals surface area contributed by atoms with Gasteiger partial charge < -0.3 is 14.0 Å². The van der Waals surface area contributed by atoms with E-state index in [1.807, 2.05) is 23.7 Å². The van der Waals surface area contributed by atoms with E-state index in [0.29, 0.717) is 16.8 Å². The van der Waals surface area contributed by atoms with Crippen molar-refractivity contribution in [3.8, 4) is 22.9 Å². The zero-order valence-corrected chi connectivity index (χ0v) is 10.7. The van der Waals surface area contributed by atoms with Crippen LogP contribution in [-0.2, 0) is 7.05 Å². The van der Waals surface area contributed by atoms with Gasteiger partial charge >= 0.3 is 0 Å². The van der Waals surface area contributed by atoms with Gasteiger partial charge in [0.15, 0.2) is 0 Å². The summed E-state index contributed by atoms with van der Waals surface area (Å²) in [4.78, 5) is 4.17. The van der Waals surface area contributed by atoms with E-state index >= 15 is 0 Å². The molecule has 0 atom stereocenters. The molecule has 0 aromatic carbocycles. The molecule has 0 aliphatic rings. The monoisotopic (exact) mass is 252 g/mol. The first-order chi connectivity index (χ1) is 8.19. The van der Waals surface area contributed by atoms with Crippen LogP contribution >= 0.6 is 11.6 Å². The van der Waals surface area contributed by atoms with Crippen LogP contribution in [0.25, 0.3) is 11.3 Å². The van der Waals surface area contributed by atoms with Crippen molar-refractivity contribution in [2.45, 2.75) is 0 Å². The molecule has 0 aliphatic heterocycles. The van der Waals surface area contributed by atoms with E-state index in [1.54, 1.807) is 26.5 Å². The Hall–Kier alpha value is -1.68. The minimum Gasteiger partial charge on any atom is -0.496 e. The van der Waals surface area contributed by atoms with E-state index in [2.05, 4.69) is 4.98 Å². The molecule has 2 aromatic rings. The molecule has 0 radical (unpaired) electrons. The first kappa shape index (κ1) is 11.8. The maximum absolute atomic E-state index is 6.03. The Morgan fingerprint density at radius 1 is 1.18 bits per heavy atom. The number of rotatable bonds is 3. The van der Waals surface area contributed by atoms with Gasteiger partial charge in [0.25, 0.3) is 0 Å². The van der Waals surface area contributed by atoms with Crippen LogP contribution < -0.4 is 9.47 Å². The van der Waals surface area contributed by atoms with Crippen LogP contribution in [0.2, 0.25) is 5.15 Å². The number of methoxy groups -OCH3 is 2. The molecule has 0 N–H and O–H groups in total. The molecule has 0 unspecified atom stereocenters. The standard InChI is InChI=1S/C12H13ClN2O2/c1-15-8(4-5-10(15)13)11-9(16-2)6-7-14-12(11)17-3/h4-7H,1-3H3. The van der Waals surface area contributed by atoms with Crippen molar-refractivity contribution in [1.82, 2.24) is 9.55 Å². The lowest BCUT2D eigenvalue weighted by Crippen LogP contribution is -1.99. The Balaban J connectivity index is 2.68. The molecular weight excluding hydrogens is 240 g/mol. The molecule has 4 nitrogen and oxygen atoms in total. The van der Waals surface area contributed by atoms with E-state index in [-0.39, 0.29) is 0 Å². The lowest BCUT2D eigenvalue weighted by molar-refractivity contribution is 0.385. The van der Waals surface area contributed by atoms with Crippen molar-refractivity contribution in [2.24, 2.45) is 7.05 Å². The van der Waals surface area contributed by atoms with Crippen molar-refractivity contribution in [3.05, 3.63) is 29.5 Å². The van der Waals surface area contributed by atoms with Crippen molar-refractivity contribution in [1.29, 1.82) is 0 Å². The third kappa shape index (κ3) is 1.96. The molecule has 5 heteroatoms. The fourth-order valence-corrected chi connectivity index (χ4v) is 1.88. The zero-order chi connectivity index (χ0) is 12.4. The zero-order valence-electron chi connectivity index (χ0n) is 9.90. The predicted molar refractivity (Wildman–Crippen MR) is 66.8 cm³/mol. The summed E-state index contributed by atoms with van der Waals surface area (Å²) >= 11 is 6.03. The number of aromatic nitrogens is 2. The van der Waals surface area contributed by atoms with Gasteiger partial charge in [-0.2, -0.15) is 0 Å². The summed E-state index contributed by atoms with van der Waals surface area (Å²) in [6, 6.07) is 5.52. The summed E-state index contributed by atoms with van der Waals surface area (Å²) in [5.74, 6) is 1.22. The highest BCUT2D eigenvalue weighted by Gasteiger charge is 2.17. The highest BCUT2D eigenvalue weighted by molar-refractivity contribution is 6.30. The minimum atomic E-state index is 0.516. The Labute approximate surface area is 105 Å². The van der Waals surface area contributed by atoms with Gasteiger partial charge in [-0.05, 0) is 18.2 Å². The van der Waals surface area contributed by atoms with E-state index in [0.717, 1.165) is 11.3 Å². The van der Waals surface area contributed by atoms with Gasteiger partial charge in [0.05, 0.1) is 19.9 Å². The molecule has 0 aliphatic carbocycles. The third-order valence-electron chi connectivity index (χ3n) is 2.61. The highest BCUT2D eigenvalue weighted by atomic mass is 35.5. The van der Waals surface area contributed by atoms with Crippen LogP contribution in [0.15, 0.2) is 24.4 Å². The largest absolute Gasteiger partial charge is 0.496 e. The summed E-state index contributed by atoms with van der Waals surface area (Å²) in [6.07, 6.45) is 1.64. The van der Waals surface area contributed by atoms with Gasteiger partial charge in [-0.15, -0.1) is 0 Å². The van der Waals surface area contributed by atoms with E-state index in [9.17, 15) is 0 Å². The van der Waals surface area contributed by atoms with Gasteiger partial charge in [0.1, 0.15) is 16.5 Å². The number of halogens is 1. The second-order valence-electron chi connectivity index (χ2n) is 3.50. The van der Waals surface area contributed by atoms with Gasteiger partial charge in [-0.3, -0.25) is 0 Å². The third-order valence-corrected chi connectivity index (χ3v) is 2.99. The van der Waals surface area contributed by atoms with E-state index < -0.39 is 0 Å². The average molecular weight is 253 g/mol. The lowest BCUT2D eigenvalue weighted by atomic mass is 10.2. The van der Waals surface area contributed by atoms with Crippen molar-refractivity contribution in [3.63, 3.8) is 0 Å². The minimum absolute atomic E-state index is 0.516. The van der Waals surface area contributed by atoms with Crippen LogP contribution in [0.1, 0.15) is 0 Å². The second kappa shape index (κ2) is 4.67. The first-order valence-electron chi connectivity index (χ1n) is 5.07. The summed E-state index contributed by atoms with van der Waals surface area (Å²) in [5, 5.41) is 0.646. The molecule has 0 saturated heterocycles. The molecule has 0 saturated carbocycles. The normalized spacial score (nSPS) is 10.4. The number of hydrogen-bond acceptors (Lipinski definition) is 3. The Morgan fingerprint density at radius 3 is 2.47 bits per heavy atom. The summed E-state index contributed by atoms with van der Waals surface area (Å²) in [7, 11) is 5.07. The first-order valence-corrected chi connectivity index (χ1v) is 5.45. The average Bonchev–Trinajstić information content (AvgIpc) is 2.69. The second-order valence-corrected chi connectivity index (χ2v) is 3.89. The number of hydrogen-bond donors (Lipinski definition) is 0. The maximum Gasteiger partial charge on any atom is 0.226 e. The van der Waals surface area contributed by atoms with Crippen LogP contribution in [0.5, 0.6) is 11.6 Å². The van der Waals surface area contributed by atoms with Crippen molar-refractivity contribution < 1.29 is 9.47 Å². The van der Waals surface area contributed by atoms with Gasteiger partial charge in [-0.1, -0.05) is 11.6 Å². The predicted octanol–water partition coefficient (Wildman–Crippen LogP) is 2.76. The van der Waals surface area contributed by atoms with Crippen LogP contribution in [-0.4, -0.2) is 23.8 Å². The van der Waals surface area contributed by atoms with Gasteiger partial charge in [-0.25, -0.2) is 4.98 Å². The van der Waals surface area contributed by atoms with Crippen molar-refractivity contribution >= 4 is 11.6 Å². The topological polar surface area (TPSA) is 36.3 Å².